The van der Waals surface area contributed by atoms with Crippen LogP contribution in [0, 0.1) is 0 Å². The SMILES string of the molecule is CC(C)NC(=O)N1CC(c2nc(Cc3ccccc3)no2)C1. The normalized spacial score (nSPS) is 15.0. The van der Waals surface area contributed by atoms with E-state index in [1.54, 1.807) is 4.90 Å². The first kappa shape index (κ1) is 14.6. The number of urea groups is 1. The minimum Gasteiger partial charge on any atom is -0.339 e. The number of carbonyl (C=O) groups excluding carboxylic acids is 1. The quantitative estimate of drug-likeness (QED) is 0.939. The number of hydrogen-bond acceptors (Lipinski definition) is 4. The van der Waals surface area contributed by atoms with Crippen molar-refractivity contribution in [2.24, 2.45) is 0 Å². The largest absolute Gasteiger partial charge is 0.339 e. The molecule has 1 aliphatic heterocycles. The highest BCUT2D eigenvalue weighted by molar-refractivity contribution is 5.75. The molecule has 0 saturated carbocycles. The number of benzene rings is 1. The van der Waals surface area contributed by atoms with Gasteiger partial charge in [0.05, 0.1) is 5.92 Å². The zero-order chi connectivity index (χ0) is 15.5. The maximum absolute atomic E-state index is 11.8. The molecule has 1 N–H and O–H groups in total. The third-order valence-corrected chi connectivity index (χ3v) is 3.62. The number of hydrogen-bond donors (Lipinski definition) is 1. The van der Waals surface area contributed by atoms with E-state index in [0.29, 0.717) is 31.2 Å². The number of carbonyl (C=O) groups is 1. The molecule has 0 atom stereocenters. The smallest absolute Gasteiger partial charge is 0.317 e. The Morgan fingerprint density at radius 3 is 2.77 bits per heavy atom. The van der Waals surface area contributed by atoms with Crippen LogP contribution in [0.4, 0.5) is 4.79 Å². The van der Waals surface area contributed by atoms with Crippen molar-refractivity contribution in [2.45, 2.75) is 32.2 Å². The summed E-state index contributed by atoms with van der Waals surface area (Å²) in [6, 6.07) is 10.2. The summed E-state index contributed by atoms with van der Waals surface area (Å²) in [6.07, 6.45) is 0.661. The van der Waals surface area contributed by atoms with E-state index < -0.39 is 0 Å². The molecular formula is C16H20N4O2. The Labute approximate surface area is 129 Å². The van der Waals surface area contributed by atoms with Gasteiger partial charge in [-0.15, -0.1) is 0 Å². The van der Waals surface area contributed by atoms with Gasteiger partial charge in [0.15, 0.2) is 5.82 Å². The van der Waals surface area contributed by atoms with Crippen LogP contribution in [0.15, 0.2) is 34.9 Å². The van der Waals surface area contributed by atoms with E-state index >= 15 is 0 Å². The zero-order valence-corrected chi connectivity index (χ0v) is 12.8. The number of aromatic nitrogens is 2. The topological polar surface area (TPSA) is 71.3 Å². The highest BCUT2D eigenvalue weighted by Gasteiger charge is 2.35. The molecule has 116 valence electrons. The second kappa shape index (κ2) is 6.17. The Bertz CT molecular complexity index is 633. The third-order valence-electron chi connectivity index (χ3n) is 3.62. The number of rotatable bonds is 4. The summed E-state index contributed by atoms with van der Waals surface area (Å²) in [5, 5.41) is 6.90. The first-order valence-corrected chi connectivity index (χ1v) is 7.53. The lowest BCUT2D eigenvalue weighted by Gasteiger charge is -2.37. The van der Waals surface area contributed by atoms with Crippen molar-refractivity contribution in [1.82, 2.24) is 20.4 Å². The van der Waals surface area contributed by atoms with Crippen LogP contribution < -0.4 is 5.32 Å². The third kappa shape index (κ3) is 3.27. The van der Waals surface area contributed by atoms with Gasteiger partial charge in [-0.25, -0.2) is 4.79 Å². The molecule has 0 unspecified atom stereocenters. The minimum absolute atomic E-state index is 0.0322. The lowest BCUT2D eigenvalue weighted by molar-refractivity contribution is 0.135. The number of nitrogens with one attached hydrogen (secondary N) is 1. The summed E-state index contributed by atoms with van der Waals surface area (Å²) >= 11 is 0. The fourth-order valence-electron chi connectivity index (χ4n) is 2.42. The molecule has 1 aromatic carbocycles. The molecule has 1 fully saturated rings. The lowest BCUT2D eigenvalue weighted by Crippen LogP contribution is -2.53. The number of likely N-dealkylation sites (tertiary alicyclic amines) is 1. The van der Waals surface area contributed by atoms with E-state index in [4.69, 9.17) is 4.52 Å². The summed E-state index contributed by atoms with van der Waals surface area (Å²) in [5.74, 6) is 1.46. The molecule has 2 heterocycles. The van der Waals surface area contributed by atoms with Gasteiger partial charge in [0.25, 0.3) is 0 Å². The van der Waals surface area contributed by atoms with Gasteiger partial charge < -0.3 is 14.7 Å². The summed E-state index contributed by atoms with van der Waals surface area (Å²) < 4.78 is 5.33. The fourth-order valence-corrected chi connectivity index (χ4v) is 2.42. The van der Waals surface area contributed by atoms with Gasteiger partial charge in [0.2, 0.25) is 5.89 Å². The fraction of sp³-hybridized carbons (Fsp3) is 0.438. The highest BCUT2D eigenvalue weighted by atomic mass is 16.5. The molecule has 1 aliphatic rings. The Hall–Kier alpha value is -2.37. The standard InChI is InChI=1S/C16H20N4O2/c1-11(2)17-16(21)20-9-13(10-20)15-18-14(19-22-15)8-12-6-4-3-5-7-12/h3-7,11,13H,8-10H2,1-2H3,(H,17,21). The molecule has 0 radical (unpaired) electrons. The molecule has 6 heteroatoms. The van der Waals surface area contributed by atoms with Gasteiger partial charge in [-0.1, -0.05) is 35.5 Å². The van der Waals surface area contributed by atoms with E-state index in [1.165, 1.54) is 0 Å². The Balaban J connectivity index is 1.54. The average Bonchev–Trinajstić information content (AvgIpc) is 2.85. The van der Waals surface area contributed by atoms with Crippen LogP contribution in [0.3, 0.4) is 0 Å². The van der Waals surface area contributed by atoms with Crippen LogP contribution in [0.2, 0.25) is 0 Å². The molecule has 6 nitrogen and oxygen atoms in total. The molecule has 3 rings (SSSR count). The average molecular weight is 300 g/mol. The molecular weight excluding hydrogens is 280 g/mol. The van der Waals surface area contributed by atoms with E-state index in [-0.39, 0.29) is 18.0 Å². The van der Waals surface area contributed by atoms with Crippen LogP contribution in [0.25, 0.3) is 0 Å². The van der Waals surface area contributed by atoms with Gasteiger partial charge in [0.1, 0.15) is 0 Å². The maximum atomic E-state index is 11.8. The first-order valence-electron chi connectivity index (χ1n) is 7.53. The van der Waals surface area contributed by atoms with Crippen molar-refractivity contribution < 1.29 is 9.32 Å². The van der Waals surface area contributed by atoms with Crippen LogP contribution >= 0.6 is 0 Å². The number of nitrogens with zero attached hydrogens (tertiary/aromatic N) is 3. The van der Waals surface area contributed by atoms with Crippen molar-refractivity contribution in [1.29, 1.82) is 0 Å². The predicted molar refractivity (Wildman–Crippen MR) is 81.5 cm³/mol. The Morgan fingerprint density at radius 2 is 2.09 bits per heavy atom. The van der Waals surface area contributed by atoms with Gasteiger partial charge in [0, 0.05) is 25.6 Å². The highest BCUT2D eigenvalue weighted by Crippen LogP contribution is 2.25. The summed E-state index contributed by atoms with van der Waals surface area (Å²) in [6.45, 7) is 5.16. The van der Waals surface area contributed by atoms with Crippen molar-refractivity contribution in [3.8, 4) is 0 Å². The van der Waals surface area contributed by atoms with E-state index in [0.717, 1.165) is 5.56 Å². The monoisotopic (exact) mass is 300 g/mol. The van der Waals surface area contributed by atoms with Crippen molar-refractivity contribution in [3.63, 3.8) is 0 Å². The van der Waals surface area contributed by atoms with Crippen LogP contribution in [-0.4, -0.2) is 40.2 Å². The van der Waals surface area contributed by atoms with Crippen LogP contribution in [-0.2, 0) is 6.42 Å². The first-order chi connectivity index (χ1) is 10.6. The molecule has 0 aliphatic carbocycles. The van der Waals surface area contributed by atoms with E-state index in [1.807, 2.05) is 44.2 Å². The van der Waals surface area contributed by atoms with E-state index in [9.17, 15) is 4.79 Å². The predicted octanol–water partition coefficient (Wildman–Crippen LogP) is 2.18. The Morgan fingerprint density at radius 1 is 1.36 bits per heavy atom. The molecule has 1 aromatic heterocycles. The van der Waals surface area contributed by atoms with Crippen molar-refractivity contribution >= 4 is 6.03 Å². The van der Waals surface area contributed by atoms with Crippen molar-refractivity contribution in [2.75, 3.05) is 13.1 Å². The second-order valence-electron chi connectivity index (χ2n) is 5.92. The second-order valence-corrected chi connectivity index (χ2v) is 5.92. The maximum Gasteiger partial charge on any atom is 0.317 e. The summed E-state index contributed by atoms with van der Waals surface area (Å²) in [4.78, 5) is 18.0. The van der Waals surface area contributed by atoms with Crippen molar-refractivity contribution in [3.05, 3.63) is 47.6 Å². The lowest BCUT2D eigenvalue weighted by atomic mass is 10.0. The van der Waals surface area contributed by atoms with Gasteiger partial charge >= 0.3 is 6.03 Å². The van der Waals surface area contributed by atoms with Gasteiger partial charge in [-0.05, 0) is 19.4 Å². The van der Waals surface area contributed by atoms with E-state index in [2.05, 4.69) is 15.5 Å². The minimum atomic E-state index is -0.0322. The molecule has 22 heavy (non-hydrogen) atoms. The zero-order valence-electron chi connectivity index (χ0n) is 12.8. The van der Waals surface area contributed by atoms with Gasteiger partial charge in [-0.2, -0.15) is 4.98 Å². The molecule has 2 aromatic rings. The Kier molecular flexibility index (Phi) is 4.09. The van der Waals surface area contributed by atoms with Gasteiger partial charge in [-0.3, -0.25) is 0 Å². The van der Waals surface area contributed by atoms with Crippen LogP contribution in [0.5, 0.6) is 0 Å². The molecule has 2 amide bonds. The molecule has 0 spiro atoms. The molecule has 0 bridgehead atoms. The summed E-state index contributed by atoms with van der Waals surface area (Å²) in [7, 11) is 0. The summed E-state index contributed by atoms with van der Waals surface area (Å²) in [5.41, 5.74) is 1.15. The van der Waals surface area contributed by atoms with Crippen LogP contribution in [0.1, 0.15) is 37.0 Å². The number of amides is 2. The molecule has 1 saturated heterocycles.